The molecule has 2 aromatic carbocycles. The highest BCUT2D eigenvalue weighted by Gasteiger charge is 2.22. The number of hydrogen-bond acceptors (Lipinski definition) is 5. The van der Waals surface area contributed by atoms with Gasteiger partial charge in [-0.15, -0.1) is 0 Å². The first-order valence-corrected chi connectivity index (χ1v) is 11.0. The zero-order valence-electron chi connectivity index (χ0n) is 18.2. The van der Waals surface area contributed by atoms with E-state index < -0.39 is 0 Å². The van der Waals surface area contributed by atoms with Crippen molar-refractivity contribution in [2.24, 2.45) is 0 Å². The number of amides is 1. The average Bonchev–Trinajstić information content (AvgIpc) is 3.18. The van der Waals surface area contributed by atoms with Crippen LogP contribution in [0, 0.1) is 20.8 Å². The fourth-order valence-electron chi connectivity index (χ4n) is 3.79. The van der Waals surface area contributed by atoms with Gasteiger partial charge in [-0.25, -0.2) is 4.98 Å². The van der Waals surface area contributed by atoms with E-state index in [0.29, 0.717) is 18.1 Å². The van der Waals surface area contributed by atoms with Crippen LogP contribution in [-0.4, -0.2) is 23.0 Å². The van der Waals surface area contributed by atoms with Gasteiger partial charge in [-0.3, -0.25) is 14.7 Å². The van der Waals surface area contributed by atoms with Crippen molar-refractivity contribution in [3.05, 3.63) is 82.7 Å². The molecule has 0 fully saturated rings. The minimum Gasteiger partial charge on any atom is -0.497 e. The van der Waals surface area contributed by atoms with Crippen molar-refractivity contribution in [3.8, 4) is 5.75 Å². The van der Waals surface area contributed by atoms with E-state index in [-0.39, 0.29) is 5.91 Å². The van der Waals surface area contributed by atoms with Gasteiger partial charge in [-0.05, 0) is 61.7 Å². The molecule has 0 spiro atoms. The predicted octanol–water partition coefficient (Wildman–Crippen LogP) is 5.40. The van der Waals surface area contributed by atoms with Gasteiger partial charge in [0.25, 0.3) is 0 Å². The van der Waals surface area contributed by atoms with Gasteiger partial charge in [0.05, 0.1) is 36.0 Å². The molecular formula is C25H25N3O2S. The van der Waals surface area contributed by atoms with Crippen LogP contribution in [0.4, 0.5) is 5.13 Å². The summed E-state index contributed by atoms with van der Waals surface area (Å²) >= 11 is 1.50. The van der Waals surface area contributed by atoms with E-state index in [2.05, 4.69) is 37.9 Å². The zero-order valence-corrected chi connectivity index (χ0v) is 19.0. The molecule has 0 aliphatic heterocycles. The summed E-state index contributed by atoms with van der Waals surface area (Å²) in [6, 6.07) is 15.8. The SMILES string of the molecule is COc1ccc2sc(N(Cc3ccccn3)C(=O)Cc3c(C)cc(C)cc3C)nc2c1. The number of benzene rings is 2. The summed E-state index contributed by atoms with van der Waals surface area (Å²) in [7, 11) is 1.64. The minimum absolute atomic E-state index is 0.00623. The summed E-state index contributed by atoms with van der Waals surface area (Å²) in [6.07, 6.45) is 2.07. The Labute approximate surface area is 186 Å². The van der Waals surface area contributed by atoms with Crippen molar-refractivity contribution < 1.29 is 9.53 Å². The first-order chi connectivity index (χ1) is 14.9. The number of pyridine rings is 1. The minimum atomic E-state index is 0.00623. The highest BCUT2D eigenvalue weighted by Crippen LogP contribution is 2.32. The van der Waals surface area contributed by atoms with E-state index in [4.69, 9.17) is 9.72 Å². The second kappa shape index (κ2) is 8.86. The molecular weight excluding hydrogens is 406 g/mol. The average molecular weight is 432 g/mol. The fraction of sp³-hybridized carbons (Fsp3) is 0.240. The van der Waals surface area contributed by atoms with Gasteiger partial charge < -0.3 is 4.74 Å². The number of anilines is 1. The lowest BCUT2D eigenvalue weighted by Gasteiger charge is -2.21. The smallest absolute Gasteiger partial charge is 0.233 e. The first-order valence-electron chi connectivity index (χ1n) is 10.2. The Kier molecular flexibility index (Phi) is 6.00. The van der Waals surface area contributed by atoms with Crippen molar-refractivity contribution >= 4 is 32.6 Å². The van der Waals surface area contributed by atoms with E-state index >= 15 is 0 Å². The number of aromatic nitrogens is 2. The first kappa shape index (κ1) is 21.0. The quantitative estimate of drug-likeness (QED) is 0.410. The van der Waals surface area contributed by atoms with Crippen molar-refractivity contribution in [3.63, 3.8) is 0 Å². The lowest BCUT2D eigenvalue weighted by atomic mass is 9.97. The summed E-state index contributed by atoms with van der Waals surface area (Å²) in [6.45, 7) is 6.58. The van der Waals surface area contributed by atoms with Crippen LogP contribution >= 0.6 is 11.3 Å². The number of carbonyl (C=O) groups excluding carboxylic acids is 1. The standard InChI is InChI=1S/C25H25N3O2S/c1-16-11-17(2)21(18(3)12-16)14-24(29)28(15-19-7-5-6-10-26-19)25-27-22-13-20(30-4)8-9-23(22)31-25/h5-13H,14-15H2,1-4H3. The third-order valence-electron chi connectivity index (χ3n) is 5.33. The van der Waals surface area contributed by atoms with Gasteiger partial charge in [-0.1, -0.05) is 35.1 Å². The highest BCUT2D eigenvalue weighted by molar-refractivity contribution is 7.22. The van der Waals surface area contributed by atoms with Gasteiger partial charge in [0, 0.05) is 12.3 Å². The number of rotatable bonds is 6. The Bertz CT molecular complexity index is 1210. The maximum atomic E-state index is 13.5. The highest BCUT2D eigenvalue weighted by atomic mass is 32.1. The summed E-state index contributed by atoms with van der Waals surface area (Å²) < 4.78 is 6.34. The molecule has 0 saturated heterocycles. The van der Waals surface area contributed by atoms with E-state index in [1.54, 1.807) is 18.2 Å². The second-order valence-electron chi connectivity index (χ2n) is 7.69. The molecule has 0 bridgehead atoms. The maximum Gasteiger partial charge on any atom is 0.233 e. The Morgan fingerprint density at radius 3 is 2.52 bits per heavy atom. The molecule has 158 valence electrons. The monoisotopic (exact) mass is 431 g/mol. The number of hydrogen-bond donors (Lipinski definition) is 0. The molecule has 0 unspecified atom stereocenters. The second-order valence-corrected chi connectivity index (χ2v) is 8.69. The molecule has 4 aromatic rings. The predicted molar refractivity (Wildman–Crippen MR) is 126 cm³/mol. The lowest BCUT2D eigenvalue weighted by molar-refractivity contribution is -0.118. The van der Waals surface area contributed by atoms with Gasteiger partial charge in [0.15, 0.2) is 5.13 Å². The third kappa shape index (κ3) is 4.59. The summed E-state index contributed by atoms with van der Waals surface area (Å²) in [5, 5.41) is 0.668. The van der Waals surface area contributed by atoms with Gasteiger partial charge >= 0.3 is 0 Å². The molecule has 0 aliphatic carbocycles. The van der Waals surface area contributed by atoms with Crippen LogP contribution < -0.4 is 9.64 Å². The Morgan fingerprint density at radius 2 is 1.84 bits per heavy atom. The fourth-order valence-corrected chi connectivity index (χ4v) is 4.75. The van der Waals surface area contributed by atoms with Crippen molar-refractivity contribution in [2.45, 2.75) is 33.7 Å². The van der Waals surface area contributed by atoms with Crippen LogP contribution in [-0.2, 0) is 17.8 Å². The number of thiazole rings is 1. The molecule has 31 heavy (non-hydrogen) atoms. The number of nitrogens with zero attached hydrogens (tertiary/aromatic N) is 3. The molecule has 0 radical (unpaired) electrons. The Hall–Kier alpha value is -3.25. The number of fused-ring (bicyclic) bond motifs is 1. The number of methoxy groups -OCH3 is 1. The molecule has 2 heterocycles. The topological polar surface area (TPSA) is 55.3 Å². The van der Waals surface area contributed by atoms with Crippen molar-refractivity contribution in [1.29, 1.82) is 0 Å². The molecule has 4 rings (SSSR count). The van der Waals surface area contributed by atoms with E-state index in [1.165, 1.54) is 16.9 Å². The van der Waals surface area contributed by atoms with Crippen LogP contribution in [0.15, 0.2) is 54.7 Å². The third-order valence-corrected chi connectivity index (χ3v) is 6.39. The number of aryl methyl sites for hydroxylation is 3. The number of carbonyl (C=O) groups is 1. The van der Waals surface area contributed by atoms with Gasteiger partial charge in [0.2, 0.25) is 5.91 Å². The molecule has 0 N–H and O–H groups in total. The van der Waals surface area contributed by atoms with Crippen molar-refractivity contribution in [2.75, 3.05) is 12.0 Å². The van der Waals surface area contributed by atoms with E-state index in [9.17, 15) is 4.79 Å². The van der Waals surface area contributed by atoms with Crippen LogP contribution in [0.2, 0.25) is 0 Å². The molecule has 6 heteroatoms. The van der Waals surface area contributed by atoms with Crippen LogP contribution in [0.25, 0.3) is 10.2 Å². The normalized spacial score (nSPS) is 11.0. The molecule has 2 aromatic heterocycles. The van der Waals surface area contributed by atoms with E-state index in [1.807, 2.05) is 36.4 Å². The lowest BCUT2D eigenvalue weighted by Crippen LogP contribution is -2.32. The molecule has 0 saturated carbocycles. The molecule has 0 aliphatic rings. The van der Waals surface area contributed by atoms with Crippen LogP contribution in [0.3, 0.4) is 0 Å². The maximum absolute atomic E-state index is 13.5. The van der Waals surface area contributed by atoms with Crippen LogP contribution in [0.5, 0.6) is 5.75 Å². The number of ether oxygens (including phenoxy) is 1. The molecule has 5 nitrogen and oxygen atoms in total. The van der Waals surface area contributed by atoms with Gasteiger partial charge in [0.1, 0.15) is 5.75 Å². The summed E-state index contributed by atoms with van der Waals surface area (Å²) in [5.74, 6) is 0.754. The summed E-state index contributed by atoms with van der Waals surface area (Å²) in [4.78, 5) is 24.5. The van der Waals surface area contributed by atoms with Crippen LogP contribution in [0.1, 0.15) is 27.9 Å². The molecule has 0 atom stereocenters. The van der Waals surface area contributed by atoms with Gasteiger partial charge in [-0.2, -0.15) is 0 Å². The Morgan fingerprint density at radius 1 is 1.06 bits per heavy atom. The van der Waals surface area contributed by atoms with E-state index in [0.717, 1.165) is 38.4 Å². The van der Waals surface area contributed by atoms with Crippen molar-refractivity contribution in [1.82, 2.24) is 9.97 Å². The largest absolute Gasteiger partial charge is 0.497 e. The molecule has 1 amide bonds. The zero-order chi connectivity index (χ0) is 22.0. The summed E-state index contributed by atoms with van der Waals surface area (Å²) in [5.41, 5.74) is 6.20. The Balaban J connectivity index is 1.71.